The van der Waals surface area contributed by atoms with E-state index in [-0.39, 0.29) is 12.4 Å². The molecular weight excluding hydrogens is 220 g/mol. The van der Waals surface area contributed by atoms with Crippen molar-refractivity contribution in [1.29, 1.82) is 0 Å². The van der Waals surface area contributed by atoms with Crippen LogP contribution in [-0.2, 0) is 9.53 Å². The summed E-state index contributed by atoms with van der Waals surface area (Å²) in [5.74, 6) is -0.114. The molecule has 2 N–H and O–H groups in total. The van der Waals surface area contributed by atoms with E-state index in [0.29, 0.717) is 11.1 Å². The zero-order valence-electron chi connectivity index (χ0n) is 9.93. The van der Waals surface area contributed by atoms with Crippen molar-refractivity contribution in [2.24, 2.45) is 0 Å². The van der Waals surface area contributed by atoms with Crippen LogP contribution in [0.4, 0.5) is 0 Å². The van der Waals surface area contributed by atoms with Crippen LogP contribution in [0.2, 0.25) is 0 Å². The van der Waals surface area contributed by atoms with Crippen LogP contribution >= 0.6 is 0 Å². The molecule has 1 aliphatic heterocycles. The van der Waals surface area contributed by atoms with E-state index in [1.807, 2.05) is 6.08 Å². The van der Waals surface area contributed by atoms with Crippen molar-refractivity contribution in [3.8, 4) is 0 Å². The van der Waals surface area contributed by atoms with E-state index in [0.717, 1.165) is 19.3 Å². The largest absolute Gasteiger partial charge is 0.392 e. The predicted octanol–water partition coefficient (Wildman–Crippen LogP) is 0.733. The summed E-state index contributed by atoms with van der Waals surface area (Å²) in [6.07, 6.45) is 4.93. The van der Waals surface area contributed by atoms with E-state index in [1.54, 1.807) is 6.08 Å². The highest BCUT2D eigenvalue weighted by Gasteiger charge is 2.55. The van der Waals surface area contributed by atoms with E-state index < -0.39 is 18.3 Å². The first-order valence-electron chi connectivity index (χ1n) is 6.08. The maximum Gasteiger partial charge on any atom is 0.194 e. The van der Waals surface area contributed by atoms with E-state index in [9.17, 15) is 15.0 Å². The minimum absolute atomic E-state index is 0.114. The van der Waals surface area contributed by atoms with Crippen molar-refractivity contribution in [2.75, 3.05) is 6.61 Å². The molecule has 0 aromatic heterocycles. The quantitative estimate of drug-likeness (QED) is 0.547. The van der Waals surface area contributed by atoms with Crippen LogP contribution in [-0.4, -0.2) is 40.9 Å². The van der Waals surface area contributed by atoms with Crippen molar-refractivity contribution in [3.63, 3.8) is 0 Å². The van der Waals surface area contributed by atoms with Crippen LogP contribution in [0.1, 0.15) is 26.2 Å². The van der Waals surface area contributed by atoms with Gasteiger partial charge >= 0.3 is 0 Å². The molecular formula is C13H18O4. The van der Waals surface area contributed by atoms with Gasteiger partial charge in [0.2, 0.25) is 0 Å². The van der Waals surface area contributed by atoms with Crippen molar-refractivity contribution in [3.05, 3.63) is 23.3 Å². The lowest BCUT2D eigenvalue weighted by Crippen LogP contribution is -2.32. The molecule has 1 heterocycles. The molecule has 0 spiro atoms. The fourth-order valence-corrected chi connectivity index (χ4v) is 2.14. The molecule has 4 nitrogen and oxygen atoms in total. The number of ether oxygens (including phenoxy) is 1. The van der Waals surface area contributed by atoms with Crippen LogP contribution in [0.5, 0.6) is 0 Å². The van der Waals surface area contributed by atoms with Crippen molar-refractivity contribution in [2.45, 2.75) is 44.5 Å². The summed E-state index contributed by atoms with van der Waals surface area (Å²) < 4.78 is 5.11. The van der Waals surface area contributed by atoms with E-state index in [4.69, 9.17) is 4.74 Å². The summed E-state index contributed by atoms with van der Waals surface area (Å²) >= 11 is 0. The van der Waals surface area contributed by atoms with Crippen LogP contribution in [0.3, 0.4) is 0 Å². The lowest BCUT2D eigenvalue weighted by molar-refractivity contribution is -0.116. The molecule has 94 valence electrons. The molecule has 4 heteroatoms. The highest BCUT2D eigenvalue weighted by molar-refractivity contribution is 6.05. The van der Waals surface area contributed by atoms with Gasteiger partial charge in [0.05, 0.1) is 6.61 Å². The minimum atomic E-state index is -0.839. The highest BCUT2D eigenvalue weighted by atomic mass is 16.6. The van der Waals surface area contributed by atoms with Crippen LogP contribution in [0.15, 0.2) is 23.3 Å². The SMILES string of the molecule is CCCC/C=C/C1=C(CO)[C@H](O)[C@H]2O[C@H]2C1=O. The molecule has 3 atom stereocenters. The number of Topliss-reactive ketones (excluding diaryl/α,β-unsaturated/α-hetero) is 1. The lowest BCUT2D eigenvalue weighted by atomic mass is 9.88. The number of hydrogen-bond donors (Lipinski definition) is 2. The van der Waals surface area contributed by atoms with Crippen molar-refractivity contribution in [1.82, 2.24) is 0 Å². The van der Waals surface area contributed by atoms with Crippen LogP contribution < -0.4 is 0 Å². The third-order valence-corrected chi connectivity index (χ3v) is 3.24. The maximum atomic E-state index is 11.9. The Morgan fingerprint density at radius 2 is 2.24 bits per heavy atom. The second-order valence-corrected chi connectivity index (χ2v) is 4.47. The number of rotatable bonds is 5. The number of hydrogen-bond acceptors (Lipinski definition) is 4. The molecule has 1 saturated heterocycles. The van der Waals surface area contributed by atoms with Gasteiger partial charge in [0.25, 0.3) is 0 Å². The van der Waals surface area contributed by atoms with Crippen LogP contribution in [0, 0.1) is 0 Å². The van der Waals surface area contributed by atoms with Gasteiger partial charge in [-0.05, 0) is 12.0 Å². The number of carbonyl (C=O) groups excluding carboxylic acids is 1. The number of ketones is 1. The monoisotopic (exact) mass is 238 g/mol. The second-order valence-electron chi connectivity index (χ2n) is 4.47. The number of allylic oxidation sites excluding steroid dienone is 2. The summed E-state index contributed by atoms with van der Waals surface area (Å²) in [6, 6.07) is 0. The summed E-state index contributed by atoms with van der Waals surface area (Å²) in [5, 5.41) is 19.1. The van der Waals surface area contributed by atoms with Gasteiger partial charge in [-0.3, -0.25) is 4.79 Å². The average molecular weight is 238 g/mol. The number of fused-ring (bicyclic) bond motifs is 1. The normalized spacial score (nSPS) is 32.2. The lowest BCUT2D eigenvalue weighted by Gasteiger charge is -2.18. The molecule has 0 aromatic carbocycles. The molecule has 0 radical (unpaired) electrons. The molecule has 1 fully saturated rings. The van der Waals surface area contributed by atoms with E-state index >= 15 is 0 Å². The molecule has 2 rings (SSSR count). The Balaban J connectivity index is 2.14. The molecule has 2 aliphatic rings. The summed E-state index contributed by atoms with van der Waals surface area (Å²) in [6.45, 7) is 1.80. The Kier molecular flexibility index (Phi) is 3.76. The average Bonchev–Trinajstić information content (AvgIpc) is 3.11. The summed E-state index contributed by atoms with van der Waals surface area (Å²) in [4.78, 5) is 11.9. The highest BCUT2D eigenvalue weighted by Crippen LogP contribution is 2.38. The molecule has 0 bridgehead atoms. The fourth-order valence-electron chi connectivity index (χ4n) is 2.14. The third-order valence-electron chi connectivity index (χ3n) is 3.24. The summed E-state index contributed by atoms with van der Waals surface area (Å²) in [5.41, 5.74) is 0.816. The first-order valence-corrected chi connectivity index (χ1v) is 6.08. The van der Waals surface area contributed by atoms with Gasteiger partial charge in [-0.25, -0.2) is 0 Å². The molecule has 0 unspecified atom stereocenters. The molecule has 1 aliphatic carbocycles. The molecule has 0 saturated carbocycles. The topological polar surface area (TPSA) is 70.1 Å². The zero-order valence-corrected chi connectivity index (χ0v) is 9.93. The van der Waals surface area contributed by atoms with Crippen LogP contribution in [0.25, 0.3) is 0 Å². The van der Waals surface area contributed by atoms with Gasteiger partial charge in [0.15, 0.2) is 5.78 Å². The minimum Gasteiger partial charge on any atom is -0.392 e. The van der Waals surface area contributed by atoms with Gasteiger partial charge in [-0.2, -0.15) is 0 Å². The van der Waals surface area contributed by atoms with Gasteiger partial charge in [-0.15, -0.1) is 0 Å². The Morgan fingerprint density at radius 1 is 1.47 bits per heavy atom. The fraction of sp³-hybridized carbons (Fsp3) is 0.615. The van der Waals surface area contributed by atoms with E-state index in [2.05, 4.69) is 6.92 Å². The first kappa shape index (κ1) is 12.5. The second kappa shape index (κ2) is 5.12. The van der Waals surface area contributed by atoms with E-state index in [1.165, 1.54) is 0 Å². The third kappa shape index (κ3) is 2.34. The number of aliphatic hydroxyl groups excluding tert-OH is 2. The molecule has 0 amide bonds. The van der Waals surface area contributed by atoms with Gasteiger partial charge in [-0.1, -0.05) is 31.9 Å². The number of epoxide rings is 1. The zero-order chi connectivity index (χ0) is 12.4. The molecule has 17 heavy (non-hydrogen) atoms. The number of unbranched alkanes of at least 4 members (excludes halogenated alkanes) is 2. The Hall–Kier alpha value is -0.970. The van der Waals surface area contributed by atoms with Gasteiger partial charge in [0, 0.05) is 5.57 Å². The van der Waals surface area contributed by atoms with Gasteiger partial charge < -0.3 is 14.9 Å². The van der Waals surface area contributed by atoms with Crippen molar-refractivity contribution >= 4 is 5.78 Å². The summed E-state index contributed by atoms with van der Waals surface area (Å²) in [7, 11) is 0. The van der Waals surface area contributed by atoms with Crippen molar-refractivity contribution < 1.29 is 19.7 Å². The predicted molar refractivity (Wildman–Crippen MR) is 62.5 cm³/mol. The number of aliphatic hydroxyl groups is 2. The van der Waals surface area contributed by atoms with Gasteiger partial charge in [0.1, 0.15) is 18.3 Å². The molecule has 0 aromatic rings. The standard InChI is InChI=1S/C13H18O4/c1-2-3-4-5-6-8-9(7-14)11(16)13-12(17-13)10(8)15/h5-6,11-14,16H,2-4,7H2,1H3/b6-5+/t11-,12-,13+/m0/s1. The first-order chi connectivity index (χ1) is 8.20. The number of carbonyl (C=O) groups is 1. The smallest absolute Gasteiger partial charge is 0.194 e. The Morgan fingerprint density at radius 3 is 2.88 bits per heavy atom. The Bertz CT molecular complexity index is 370. The Labute approximate surface area is 101 Å². The maximum absolute atomic E-state index is 11.9.